The van der Waals surface area contributed by atoms with Crippen molar-refractivity contribution < 1.29 is 23.6 Å². The molecule has 2 rings (SSSR count). The second kappa shape index (κ2) is 10.2. The van der Waals surface area contributed by atoms with Gasteiger partial charge in [0.2, 0.25) is 0 Å². The Kier molecular flexibility index (Phi) is 7.70. The van der Waals surface area contributed by atoms with Crippen LogP contribution in [0.15, 0.2) is 42.5 Å². The smallest absolute Gasteiger partial charge is 0.306 e. The number of ether oxygens (including phenoxy) is 1. The number of carbonyl (C=O) groups excluding carboxylic acids is 2. The summed E-state index contributed by atoms with van der Waals surface area (Å²) in [7, 11) is 0. The number of hydrogen-bond acceptors (Lipinski definition) is 6. The summed E-state index contributed by atoms with van der Waals surface area (Å²) in [4.78, 5) is 33.8. The predicted molar refractivity (Wildman–Crippen MR) is 102 cm³/mol. The first kappa shape index (κ1) is 21.1. The molecule has 1 amide bonds. The van der Waals surface area contributed by atoms with Gasteiger partial charge in [0, 0.05) is 24.1 Å². The number of benzene rings is 2. The van der Waals surface area contributed by atoms with Gasteiger partial charge in [-0.25, -0.2) is 4.39 Å². The average Bonchev–Trinajstić information content (AvgIpc) is 2.66. The molecule has 2 aromatic carbocycles. The Bertz CT molecular complexity index is 878. The van der Waals surface area contributed by atoms with Crippen molar-refractivity contribution in [1.82, 2.24) is 0 Å². The van der Waals surface area contributed by atoms with E-state index >= 15 is 0 Å². The Morgan fingerprint density at radius 2 is 1.93 bits per heavy atom. The second-order valence-corrected chi connectivity index (χ2v) is 6.07. The molecule has 0 atom stereocenters. The molecule has 0 unspecified atom stereocenters. The molecule has 0 aliphatic carbocycles. The lowest BCUT2D eigenvalue weighted by Crippen LogP contribution is -2.21. The summed E-state index contributed by atoms with van der Waals surface area (Å²) in [5, 5.41) is 16.2. The van der Waals surface area contributed by atoms with Gasteiger partial charge in [-0.2, -0.15) is 0 Å². The molecule has 0 bridgehead atoms. The molecule has 0 heterocycles. The van der Waals surface area contributed by atoms with Gasteiger partial charge in [-0.15, -0.1) is 0 Å². The van der Waals surface area contributed by atoms with E-state index in [4.69, 9.17) is 16.3 Å². The number of hydrogen-bond donors (Lipinski definition) is 2. The highest BCUT2D eigenvalue weighted by molar-refractivity contribution is 6.30. The number of carbonyl (C=O) groups is 2. The monoisotopic (exact) mass is 409 g/mol. The number of nitrogens with one attached hydrogen (secondary N) is 2. The first-order chi connectivity index (χ1) is 13.4. The zero-order chi connectivity index (χ0) is 20.5. The van der Waals surface area contributed by atoms with Crippen LogP contribution >= 0.6 is 11.6 Å². The van der Waals surface area contributed by atoms with Crippen LogP contribution in [0, 0.1) is 15.9 Å². The number of rotatable bonds is 9. The number of nitro benzene ring substituents is 1. The Morgan fingerprint density at radius 3 is 2.64 bits per heavy atom. The maximum atomic E-state index is 13.6. The van der Waals surface area contributed by atoms with Crippen molar-refractivity contribution in [3.63, 3.8) is 0 Å². The molecular weight excluding hydrogens is 393 g/mol. The van der Waals surface area contributed by atoms with E-state index in [-0.39, 0.29) is 22.8 Å². The Labute approximate surface area is 164 Å². The minimum Gasteiger partial charge on any atom is -0.456 e. The fraction of sp³-hybridized carbons (Fsp3) is 0.222. The van der Waals surface area contributed by atoms with Crippen LogP contribution in [-0.4, -0.2) is 30.0 Å². The first-order valence-corrected chi connectivity index (χ1v) is 8.62. The first-order valence-electron chi connectivity index (χ1n) is 8.24. The molecule has 0 fully saturated rings. The quantitative estimate of drug-likeness (QED) is 0.282. The number of halogens is 2. The summed E-state index contributed by atoms with van der Waals surface area (Å²) in [6.07, 6.45) is 0.356. The topological polar surface area (TPSA) is 111 Å². The molecule has 0 aliphatic rings. The van der Waals surface area contributed by atoms with E-state index in [1.54, 1.807) is 18.2 Å². The summed E-state index contributed by atoms with van der Waals surface area (Å²) in [6.45, 7) is -0.249. The number of nitro groups is 1. The van der Waals surface area contributed by atoms with Gasteiger partial charge in [-0.05, 0) is 30.7 Å². The summed E-state index contributed by atoms with van der Waals surface area (Å²) in [6, 6.07) is 9.91. The third-order valence-electron chi connectivity index (χ3n) is 3.54. The van der Waals surface area contributed by atoms with E-state index in [2.05, 4.69) is 10.6 Å². The van der Waals surface area contributed by atoms with Crippen molar-refractivity contribution in [3.8, 4) is 0 Å². The average molecular weight is 410 g/mol. The Hall–Kier alpha value is -3.20. The van der Waals surface area contributed by atoms with Crippen LogP contribution in [0.2, 0.25) is 5.02 Å². The molecule has 10 heteroatoms. The van der Waals surface area contributed by atoms with Crippen LogP contribution in [0.1, 0.15) is 12.8 Å². The van der Waals surface area contributed by atoms with Crippen LogP contribution in [0.4, 0.5) is 21.5 Å². The van der Waals surface area contributed by atoms with Crippen molar-refractivity contribution >= 4 is 40.5 Å². The maximum absolute atomic E-state index is 13.6. The van der Waals surface area contributed by atoms with Crippen molar-refractivity contribution in [2.45, 2.75) is 12.8 Å². The minimum absolute atomic E-state index is 0.0101. The number of esters is 1. The summed E-state index contributed by atoms with van der Waals surface area (Å²) in [5.74, 6) is -2.00. The van der Waals surface area contributed by atoms with E-state index in [1.807, 2.05) is 0 Å². The fourth-order valence-corrected chi connectivity index (χ4v) is 2.39. The third-order valence-corrected chi connectivity index (χ3v) is 3.78. The second-order valence-electron chi connectivity index (χ2n) is 5.64. The van der Waals surface area contributed by atoms with Gasteiger partial charge in [0.1, 0.15) is 11.5 Å². The van der Waals surface area contributed by atoms with E-state index in [0.29, 0.717) is 18.7 Å². The van der Waals surface area contributed by atoms with E-state index in [0.717, 1.165) is 6.07 Å². The van der Waals surface area contributed by atoms with Crippen molar-refractivity contribution in [1.29, 1.82) is 0 Å². The molecule has 2 N–H and O–H groups in total. The van der Waals surface area contributed by atoms with Gasteiger partial charge in [0.15, 0.2) is 6.61 Å². The normalized spacial score (nSPS) is 10.2. The highest BCUT2D eigenvalue weighted by atomic mass is 35.5. The molecule has 0 spiro atoms. The molecule has 148 valence electrons. The molecular formula is C18H17ClFN3O5. The van der Waals surface area contributed by atoms with Gasteiger partial charge in [0.05, 0.1) is 10.6 Å². The minimum atomic E-state index is -0.701. The lowest BCUT2D eigenvalue weighted by Gasteiger charge is -2.08. The molecule has 0 saturated carbocycles. The number of amides is 1. The zero-order valence-corrected chi connectivity index (χ0v) is 15.4. The van der Waals surface area contributed by atoms with Gasteiger partial charge in [0.25, 0.3) is 11.6 Å². The Morgan fingerprint density at radius 1 is 1.18 bits per heavy atom. The van der Waals surface area contributed by atoms with Gasteiger partial charge in [-0.1, -0.05) is 23.7 Å². The maximum Gasteiger partial charge on any atom is 0.306 e. The van der Waals surface area contributed by atoms with Crippen molar-refractivity contribution in [2.24, 2.45) is 0 Å². The molecule has 2 aromatic rings. The van der Waals surface area contributed by atoms with Crippen molar-refractivity contribution in [2.75, 3.05) is 23.8 Å². The molecule has 0 aromatic heterocycles. The number of anilines is 2. The largest absolute Gasteiger partial charge is 0.456 e. The van der Waals surface area contributed by atoms with Gasteiger partial charge < -0.3 is 15.4 Å². The predicted octanol–water partition coefficient (Wildman–Crippen LogP) is 3.76. The van der Waals surface area contributed by atoms with Gasteiger partial charge >= 0.3 is 5.97 Å². The molecule has 28 heavy (non-hydrogen) atoms. The van der Waals surface area contributed by atoms with Crippen LogP contribution in [0.25, 0.3) is 0 Å². The standard InChI is InChI=1S/C18H17ClFN3O5/c19-12-7-8-14(13(20)10-12)22-17(24)11-28-18(25)6-3-9-21-15-4-1-2-5-16(15)23(26)27/h1-2,4-5,7-8,10,21H,3,6,9,11H2,(H,22,24). The van der Waals surface area contributed by atoms with Crippen LogP contribution < -0.4 is 10.6 Å². The van der Waals surface area contributed by atoms with Crippen LogP contribution in [-0.2, 0) is 14.3 Å². The Balaban J connectivity index is 1.69. The zero-order valence-electron chi connectivity index (χ0n) is 14.6. The highest BCUT2D eigenvalue weighted by Gasteiger charge is 2.13. The fourth-order valence-electron chi connectivity index (χ4n) is 2.23. The third kappa shape index (κ3) is 6.51. The van der Waals surface area contributed by atoms with E-state index in [1.165, 1.54) is 18.2 Å². The number of nitrogens with zero attached hydrogens (tertiary/aromatic N) is 1. The van der Waals surface area contributed by atoms with E-state index < -0.39 is 29.2 Å². The lowest BCUT2D eigenvalue weighted by atomic mass is 10.2. The van der Waals surface area contributed by atoms with Crippen LogP contribution in [0.3, 0.4) is 0 Å². The molecule has 0 radical (unpaired) electrons. The highest BCUT2D eigenvalue weighted by Crippen LogP contribution is 2.23. The molecule has 0 saturated heterocycles. The SMILES string of the molecule is O=C(COC(=O)CCCNc1ccccc1[N+](=O)[O-])Nc1ccc(Cl)cc1F. The van der Waals surface area contributed by atoms with Gasteiger partial charge in [-0.3, -0.25) is 19.7 Å². The summed E-state index contributed by atoms with van der Waals surface area (Å²) in [5.41, 5.74) is 0.223. The summed E-state index contributed by atoms with van der Waals surface area (Å²) >= 11 is 5.62. The number of para-hydroxylation sites is 2. The molecule has 8 nitrogen and oxygen atoms in total. The molecule has 0 aliphatic heterocycles. The van der Waals surface area contributed by atoms with Crippen LogP contribution in [0.5, 0.6) is 0 Å². The lowest BCUT2D eigenvalue weighted by molar-refractivity contribution is -0.384. The summed E-state index contributed by atoms with van der Waals surface area (Å²) < 4.78 is 18.4. The van der Waals surface area contributed by atoms with E-state index in [9.17, 15) is 24.1 Å². The van der Waals surface area contributed by atoms with Crippen molar-refractivity contribution in [3.05, 3.63) is 63.4 Å².